The number of rotatable bonds is 5. The van der Waals surface area contributed by atoms with Gasteiger partial charge in [0.05, 0.1) is 4.90 Å². The van der Waals surface area contributed by atoms with Gasteiger partial charge in [0, 0.05) is 31.3 Å². The van der Waals surface area contributed by atoms with Gasteiger partial charge < -0.3 is 10.5 Å². The molecule has 0 amide bonds. The second-order valence-electron chi connectivity index (χ2n) is 5.30. The molecule has 0 bridgehead atoms. The SMILES string of the molecule is Cc1c(CN)cc(Cl)cc1S(=O)(=O)NCC1CCOCC1. The highest BCUT2D eigenvalue weighted by Crippen LogP contribution is 2.24. The summed E-state index contributed by atoms with van der Waals surface area (Å²) in [5.41, 5.74) is 7.03. The van der Waals surface area contributed by atoms with Gasteiger partial charge in [-0.1, -0.05) is 11.6 Å². The number of ether oxygens (including phenoxy) is 1. The molecule has 3 N–H and O–H groups in total. The fraction of sp³-hybridized carbons (Fsp3) is 0.571. The van der Waals surface area contributed by atoms with Gasteiger partial charge >= 0.3 is 0 Å². The zero-order chi connectivity index (χ0) is 15.5. The lowest BCUT2D eigenvalue weighted by Gasteiger charge is -2.22. The summed E-state index contributed by atoms with van der Waals surface area (Å²) < 4.78 is 32.9. The molecule has 1 saturated heterocycles. The second kappa shape index (κ2) is 7.07. The van der Waals surface area contributed by atoms with E-state index >= 15 is 0 Å². The van der Waals surface area contributed by atoms with Crippen LogP contribution in [0.25, 0.3) is 0 Å². The van der Waals surface area contributed by atoms with Crippen molar-refractivity contribution in [2.45, 2.75) is 31.2 Å². The summed E-state index contributed by atoms with van der Waals surface area (Å²) in [6, 6.07) is 3.18. The molecule has 1 aromatic carbocycles. The Labute approximate surface area is 130 Å². The number of nitrogens with two attached hydrogens (primary N) is 1. The van der Waals surface area contributed by atoms with Crippen molar-refractivity contribution in [1.82, 2.24) is 4.72 Å². The Kier molecular flexibility index (Phi) is 5.62. The van der Waals surface area contributed by atoms with Crippen LogP contribution in [0.5, 0.6) is 0 Å². The van der Waals surface area contributed by atoms with Crippen LogP contribution in [0.4, 0.5) is 0 Å². The molecule has 21 heavy (non-hydrogen) atoms. The van der Waals surface area contributed by atoms with E-state index in [1.807, 2.05) is 0 Å². The maximum absolute atomic E-state index is 12.5. The van der Waals surface area contributed by atoms with Gasteiger partial charge in [-0.25, -0.2) is 13.1 Å². The monoisotopic (exact) mass is 332 g/mol. The van der Waals surface area contributed by atoms with Gasteiger partial charge in [0.15, 0.2) is 0 Å². The average molecular weight is 333 g/mol. The molecule has 1 aliphatic heterocycles. The van der Waals surface area contributed by atoms with Crippen LogP contribution in [0.1, 0.15) is 24.0 Å². The number of hydrogen-bond donors (Lipinski definition) is 2. The number of halogens is 1. The Morgan fingerprint density at radius 2 is 2.05 bits per heavy atom. The topological polar surface area (TPSA) is 81.4 Å². The lowest BCUT2D eigenvalue weighted by Crippen LogP contribution is -2.32. The molecule has 1 heterocycles. The van der Waals surface area contributed by atoms with Gasteiger partial charge in [0.1, 0.15) is 0 Å². The minimum absolute atomic E-state index is 0.211. The number of sulfonamides is 1. The lowest BCUT2D eigenvalue weighted by molar-refractivity contribution is 0.0678. The normalized spacial score (nSPS) is 17.1. The lowest BCUT2D eigenvalue weighted by atomic mass is 10.0. The first-order chi connectivity index (χ1) is 9.94. The molecule has 2 rings (SSSR count). The van der Waals surface area contributed by atoms with Crippen molar-refractivity contribution in [2.75, 3.05) is 19.8 Å². The van der Waals surface area contributed by atoms with E-state index in [0.29, 0.717) is 36.3 Å². The molecule has 1 aromatic rings. The Morgan fingerprint density at radius 1 is 1.38 bits per heavy atom. The van der Waals surface area contributed by atoms with Crippen LogP contribution < -0.4 is 10.5 Å². The molecular weight excluding hydrogens is 312 g/mol. The standard InChI is InChI=1S/C14H21ClN2O3S/c1-10-12(8-16)6-13(15)7-14(10)21(18,19)17-9-11-2-4-20-5-3-11/h6-7,11,17H,2-5,8-9,16H2,1H3. The van der Waals surface area contributed by atoms with Crippen molar-refractivity contribution >= 4 is 21.6 Å². The Morgan fingerprint density at radius 3 is 2.67 bits per heavy atom. The average Bonchev–Trinajstić information content (AvgIpc) is 2.48. The van der Waals surface area contributed by atoms with Crippen LogP contribution in [-0.4, -0.2) is 28.2 Å². The molecular formula is C14H21ClN2O3S. The minimum Gasteiger partial charge on any atom is -0.381 e. The molecule has 0 spiro atoms. The Balaban J connectivity index is 2.17. The fourth-order valence-corrected chi connectivity index (χ4v) is 4.19. The first kappa shape index (κ1) is 16.7. The van der Waals surface area contributed by atoms with E-state index in [4.69, 9.17) is 22.1 Å². The van der Waals surface area contributed by atoms with Crippen LogP contribution in [0.3, 0.4) is 0 Å². The summed E-state index contributed by atoms with van der Waals surface area (Å²) in [5.74, 6) is 0.321. The highest BCUT2D eigenvalue weighted by molar-refractivity contribution is 7.89. The zero-order valence-corrected chi connectivity index (χ0v) is 13.6. The minimum atomic E-state index is -3.58. The van der Waals surface area contributed by atoms with E-state index in [9.17, 15) is 8.42 Å². The summed E-state index contributed by atoms with van der Waals surface area (Å²) >= 11 is 5.99. The van der Waals surface area contributed by atoms with Gasteiger partial charge in [-0.05, 0) is 48.9 Å². The van der Waals surface area contributed by atoms with Crippen LogP contribution in [-0.2, 0) is 21.3 Å². The van der Waals surface area contributed by atoms with Gasteiger partial charge in [0.25, 0.3) is 0 Å². The van der Waals surface area contributed by atoms with Gasteiger partial charge in [-0.15, -0.1) is 0 Å². The number of nitrogens with one attached hydrogen (secondary N) is 1. The second-order valence-corrected chi connectivity index (χ2v) is 7.47. The maximum Gasteiger partial charge on any atom is 0.240 e. The maximum atomic E-state index is 12.5. The molecule has 0 atom stereocenters. The smallest absolute Gasteiger partial charge is 0.240 e. The summed E-state index contributed by atoms with van der Waals surface area (Å²) in [7, 11) is -3.58. The first-order valence-electron chi connectivity index (χ1n) is 7.00. The van der Waals surface area contributed by atoms with Crippen LogP contribution in [0, 0.1) is 12.8 Å². The third kappa shape index (κ3) is 4.17. The van der Waals surface area contributed by atoms with Gasteiger partial charge in [-0.2, -0.15) is 0 Å². The summed E-state index contributed by atoms with van der Waals surface area (Å²) in [5, 5.41) is 0.382. The van der Waals surface area contributed by atoms with Crippen LogP contribution in [0.15, 0.2) is 17.0 Å². The van der Waals surface area contributed by atoms with Crippen molar-refractivity contribution < 1.29 is 13.2 Å². The highest BCUT2D eigenvalue weighted by atomic mass is 35.5. The van der Waals surface area contributed by atoms with Crippen molar-refractivity contribution in [3.05, 3.63) is 28.3 Å². The molecule has 0 saturated carbocycles. The zero-order valence-electron chi connectivity index (χ0n) is 12.1. The van der Waals surface area contributed by atoms with Gasteiger partial charge in [0.2, 0.25) is 10.0 Å². The van der Waals surface area contributed by atoms with E-state index < -0.39 is 10.0 Å². The molecule has 118 valence electrons. The fourth-order valence-electron chi connectivity index (χ4n) is 2.46. The van der Waals surface area contributed by atoms with Crippen LogP contribution in [0.2, 0.25) is 5.02 Å². The van der Waals surface area contributed by atoms with Gasteiger partial charge in [-0.3, -0.25) is 0 Å². The highest BCUT2D eigenvalue weighted by Gasteiger charge is 2.22. The van der Waals surface area contributed by atoms with E-state index in [1.165, 1.54) is 6.07 Å². The number of benzene rings is 1. The van der Waals surface area contributed by atoms with Crippen LogP contribution >= 0.6 is 11.6 Å². The number of hydrogen-bond acceptors (Lipinski definition) is 4. The molecule has 0 radical (unpaired) electrons. The Hall–Kier alpha value is -0.660. The summed E-state index contributed by atoms with van der Waals surface area (Å²) in [6.07, 6.45) is 1.76. The van der Waals surface area contributed by atoms with Crippen molar-refractivity contribution in [2.24, 2.45) is 11.7 Å². The summed E-state index contributed by atoms with van der Waals surface area (Å²) in [4.78, 5) is 0.211. The molecule has 1 aliphatic rings. The Bertz CT molecular complexity index is 598. The summed E-state index contributed by atoms with van der Waals surface area (Å²) in [6.45, 7) is 3.83. The predicted octanol–water partition coefficient (Wildman–Crippen LogP) is 1.81. The predicted molar refractivity (Wildman–Crippen MR) is 82.8 cm³/mol. The molecule has 0 unspecified atom stereocenters. The van der Waals surface area contributed by atoms with E-state index in [0.717, 1.165) is 18.4 Å². The third-order valence-corrected chi connectivity index (χ3v) is 5.61. The van der Waals surface area contributed by atoms with E-state index in [-0.39, 0.29) is 11.4 Å². The first-order valence-corrected chi connectivity index (χ1v) is 8.86. The third-order valence-electron chi connectivity index (χ3n) is 3.84. The van der Waals surface area contributed by atoms with Crippen molar-refractivity contribution in [3.8, 4) is 0 Å². The quantitative estimate of drug-likeness (QED) is 0.861. The van der Waals surface area contributed by atoms with Crippen molar-refractivity contribution in [1.29, 1.82) is 0 Å². The molecule has 5 nitrogen and oxygen atoms in total. The largest absolute Gasteiger partial charge is 0.381 e. The van der Waals surface area contributed by atoms with Crippen molar-refractivity contribution in [3.63, 3.8) is 0 Å². The molecule has 1 fully saturated rings. The molecule has 7 heteroatoms. The molecule has 0 aliphatic carbocycles. The van der Waals surface area contributed by atoms with E-state index in [2.05, 4.69) is 4.72 Å². The van der Waals surface area contributed by atoms with E-state index in [1.54, 1.807) is 13.0 Å². The molecule has 0 aromatic heterocycles.